The number of amides is 3. The van der Waals surface area contributed by atoms with E-state index >= 15 is 0 Å². The average molecular weight is 506 g/mol. The van der Waals surface area contributed by atoms with Gasteiger partial charge in [0.25, 0.3) is 0 Å². The number of benzene rings is 1. The third kappa shape index (κ3) is 10.7. The molecule has 0 saturated heterocycles. The van der Waals surface area contributed by atoms with Crippen molar-refractivity contribution in [2.24, 2.45) is 28.1 Å². The Kier molecular flexibility index (Phi) is 12.9. The maximum absolute atomic E-state index is 12.9. The van der Waals surface area contributed by atoms with Gasteiger partial charge in [0.1, 0.15) is 18.1 Å². The van der Waals surface area contributed by atoms with Gasteiger partial charge in [-0.05, 0) is 37.7 Å². The maximum atomic E-state index is 12.9. The summed E-state index contributed by atoms with van der Waals surface area (Å²) < 4.78 is 0. The molecule has 0 aliphatic carbocycles. The van der Waals surface area contributed by atoms with Crippen LogP contribution in [0, 0.1) is 5.92 Å². The van der Waals surface area contributed by atoms with Gasteiger partial charge >= 0.3 is 5.97 Å². The zero-order valence-electron chi connectivity index (χ0n) is 21.1. The molecule has 200 valence electrons. The number of carboxylic acids is 1. The Labute approximate surface area is 211 Å². The van der Waals surface area contributed by atoms with Crippen LogP contribution in [-0.2, 0) is 25.6 Å². The first kappa shape index (κ1) is 30.4. The minimum Gasteiger partial charge on any atom is -0.480 e. The number of rotatable bonds is 15. The molecule has 0 bridgehead atoms. The molecule has 0 aliphatic heterocycles. The van der Waals surface area contributed by atoms with E-state index in [1.54, 1.807) is 6.92 Å². The van der Waals surface area contributed by atoms with E-state index in [2.05, 4.69) is 20.9 Å². The van der Waals surface area contributed by atoms with Crippen molar-refractivity contribution in [3.8, 4) is 0 Å². The molecule has 1 rings (SSSR count). The molecule has 12 heteroatoms. The number of nitrogens with zero attached hydrogens (tertiary/aromatic N) is 1. The third-order valence-electron chi connectivity index (χ3n) is 5.74. The van der Waals surface area contributed by atoms with E-state index in [9.17, 15) is 24.3 Å². The van der Waals surface area contributed by atoms with Gasteiger partial charge in [0.05, 0.1) is 6.04 Å². The van der Waals surface area contributed by atoms with E-state index in [0.29, 0.717) is 19.3 Å². The summed E-state index contributed by atoms with van der Waals surface area (Å²) in [7, 11) is 0. The number of aliphatic carboxylic acids is 1. The van der Waals surface area contributed by atoms with Gasteiger partial charge in [0.15, 0.2) is 5.96 Å². The average Bonchev–Trinajstić information content (AvgIpc) is 2.83. The maximum Gasteiger partial charge on any atom is 0.326 e. The standard InChI is InChI=1S/C24H39N7O5/c1-4-14(2)19(22(34)30-18(23(35)36)11-8-12-28-24(26)27)31-20(32)15(3)29-21(33)17(25)13-16-9-6-5-7-10-16/h5-7,9-10,14-15,17-19H,4,8,11-13,25H2,1-3H3,(H,29,33)(H,30,34)(H,31,32)(H,35,36)(H4,26,27,28). The molecule has 1 aromatic carbocycles. The predicted molar refractivity (Wildman–Crippen MR) is 137 cm³/mol. The molecule has 0 fully saturated rings. The summed E-state index contributed by atoms with van der Waals surface area (Å²) in [5.74, 6) is -3.34. The zero-order chi connectivity index (χ0) is 27.3. The van der Waals surface area contributed by atoms with E-state index in [-0.39, 0.29) is 24.8 Å². The van der Waals surface area contributed by atoms with Gasteiger partial charge in [-0.3, -0.25) is 19.4 Å². The van der Waals surface area contributed by atoms with Crippen molar-refractivity contribution in [1.82, 2.24) is 16.0 Å². The number of hydrogen-bond donors (Lipinski definition) is 7. The molecule has 0 aromatic heterocycles. The summed E-state index contributed by atoms with van der Waals surface area (Å²) in [6.45, 7) is 5.31. The van der Waals surface area contributed by atoms with Crippen LogP contribution in [0.2, 0.25) is 0 Å². The minimum atomic E-state index is -1.21. The third-order valence-corrected chi connectivity index (χ3v) is 5.74. The lowest BCUT2D eigenvalue weighted by Gasteiger charge is -2.27. The number of aliphatic imine (C=N–C) groups is 1. The molecular weight excluding hydrogens is 466 g/mol. The highest BCUT2D eigenvalue weighted by Gasteiger charge is 2.31. The number of nitrogens with two attached hydrogens (primary N) is 3. The van der Waals surface area contributed by atoms with Crippen molar-refractivity contribution in [2.45, 2.75) is 70.6 Å². The van der Waals surface area contributed by atoms with Gasteiger partial charge in [-0.15, -0.1) is 0 Å². The zero-order valence-corrected chi connectivity index (χ0v) is 21.1. The van der Waals surface area contributed by atoms with Crippen LogP contribution in [0.3, 0.4) is 0 Å². The second kappa shape index (κ2) is 15.4. The summed E-state index contributed by atoms with van der Waals surface area (Å²) in [6, 6.07) is 5.25. The van der Waals surface area contributed by atoms with E-state index in [0.717, 1.165) is 5.56 Å². The molecule has 1 aromatic rings. The van der Waals surface area contributed by atoms with Crippen molar-refractivity contribution in [3.63, 3.8) is 0 Å². The summed E-state index contributed by atoms with van der Waals surface area (Å²) in [6.07, 6.45) is 1.29. The number of carbonyl (C=O) groups is 4. The number of hydrogen-bond acceptors (Lipinski definition) is 6. The predicted octanol–water partition coefficient (Wildman–Crippen LogP) is -0.785. The molecule has 5 atom stereocenters. The van der Waals surface area contributed by atoms with Crippen LogP contribution in [0.25, 0.3) is 0 Å². The monoisotopic (exact) mass is 505 g/mol. The van der Waals surface area contributed by atoms with Gasteiger partial charge in [-0.25, -0.2) is 4.79 Å². The van der Waals surface area contributed by atoms with Gasteiger partial charge in [-0.2, -0.15) is 0 Å². The number of carbonyl (C=O) groups excluding carboxylic acids is 3. The van der Waals surface area contributed by atoms with E-state index in [1.807, 2.05) is 37.3 Å². The van der Waals surface area contributed by atoms with Crippen LogP contribution in [0.1, 0.15) is 45.6 Å². The largest absolute Gasteiger partial charge is 0.480 e. The second-order valence-electron chi connectivity index (χ2n) is 8.75. The molecule has 0 heterocycles. The summed E-state index contributed by atoms with van der Waals surface area (Å²) in [4.78, 5) is 53.6. The van der Waals surface area contributed by atoms with Crippen molar-refractivity contribution < 1.29 is 24.3 Å². The van der Waals surface area contributed by atoms with Gasteiger partial charge < -0.3 is 38.3 Å². The van der Waals surface area contributed by atoms with Crippen molar-refractivity contribution in [1.29, 1.82) is 0 Å². The number of guanidine groups is 1. The fourth-order valence-corrected chi connectivity index (χ4v) is 3.35. The Bertz CT molecular complexity index is 905. The minimum absolute atomic E-state index is 0.102. The van der Waals surface area contributed by atoms with Gasteiger partial charge in [0.2, 0.25) is 17.7 Å². The van der Waals surface area contributed by atoms with Crippen molar-refractivity contribution >= 4 is 29.7 Å². The Morgan fingerprint density at radius 1 is 0.972 bits per heavy atom. The van der Waals surface area contributed by atoms with Crippen LogP contribution in [0.4, 0.5) is 0 Å². The molecule has 10 N–H and O–H groups in total. The van der Waals surface area contributed by atoms with E-state index in [4.69, 9.17) is 17.2 Å². The fraction of sp³-hybridized carbons (Fsp3) is 0.542. The Morgan fingerprint density at radius 3 is 2.17 bits per heavy atom. The molecule has 0 spiro atoms. The summed E-state index contributed by atoms with van der Waals surface area (Å²) in [5, 5.41) is 17.2. The molecule has 3 amide bonds. The Morgan fingerprint density at radius 2 is 1.61 bits per heavy atom. The Hall–Kier alpha value is -3.67. The normalized spacial score (nSPS) is 14.9. The van der Waals surface area contributed by atoms with Crippen molar-refractivity contribution in [2.75, 3.05) is 6.54 Å². The van der Waals surface area contributed by atoms with Crippen LogP contribution >= 0.6 is 0 Å². The van der Waals surface area contributed by atoms with Crippen LogP contribution in [0.15, 0.2) is 35.3 Å². The lowest BCUT2D eigenvalue weighted by molar-refractivity contribution is -0.142. The van der Waals surface area contributed by atoms with Crippen LogP contribution < -0.4 is 33.2 Å². The highest BCUT2D eigenvalue weighted by atomic mass is 16.4. The molecule has 5 unspecified atom stereocenters. The van der Waals surface area contributed by atoms with Gasteiger partial charge in [0, 0.05) is 6.54 Å². The molecule has 36 heavy (non-hydrogen) atoms. The first-order valence-corrected chi connectivity index (χ1v) is 11.9. The molecule has 0 aliphatic rings. The summed E-state index contributed by atoms with van der Waals surface area (Å²) >= 11 is 0. The quantitative estimate of drug-likeness (QED) is 0.0908. The lowest BCUT2D eigenvalue weighted by atomic mass is 9.97. The van der Waals surface area contributed by atoms with E-state index in [1.165, 1.54) is 6.92 Å². The summed E-state index contributed by atoms with van der Waals surface area (Å²) in [5.41, 5.74) is 17.4. The lowest BCUT2D eigenvalue weighted by Crippen LogP contribution is -2.58. The van der Waals surface area contributed by atoms with Crippen molar-refractivity contribution in [3.05, 3.63) is 35.9 Å². The second-order valence-corrected chi connectivity index (χ2v) is 8.75. The van der Waals surface area contributed by atoms with E-state index < -0.39 is 47.9 Å². The topological polar surface area (TPSA) is 215 Å². The first-order valence-electron chi connectivity index (χ1n) is 11.9. The first-order chi connectivity index (χ1) is 17.0. The Balaban J connectivity index is 2.75. The number of nitrogens with one attached hydrogen (secondary N) is 3. The van der Waals surface area contributed by atoms with Crippen LogP contribution in [0.5, 0.6) is 0 Å². The van der Waals surface area contributed by atoms with Gasteiger partial charge in [-0.1, -0.05) is 50.6 Å². The molecule has 0 saturated carbocycles. The highest BCUT2D eigenvalue weighted by molar-refractivity contribution is 5.94. The molecule has 0 radical (unpaired) electrons. The smallest absolute Gasteiger partial charge is 0.326 e. The molecular formula is C24H39N7O5. The SMILES string of the molecule is CCC(C)C(NC(=O)C(C)NC(=O)C(N)Cc1ccccc1)C(=O)NC(CCCN=C(N)N)C(=O)O. The van der Waals surface area contributed by atoms with Crippen LogP contribution in [-0.4, -0.2) is 65.5 Å². The highest BCUT2D eigenvalue weighted by Crippen LogP contribution is 2.10. The molecule has 12 nitrogen and oxygen atoms in total. The fourth-order valence-electron chi connectivity index (χ4n) is 3.35. The number of carboxylic acid groups (broad SMARTS) is 1.